The second-order valence-electron chi connectivity index (χ2n) is 7.43. The van der Waals surface area contributed by atoms with Crippen LogP contribution in [-0.2, 0) is 11.2 Å². The van der Waals surface area contributed by atoms with Crippen LogP contribution in [0.15, 0.2) is 42.7 Å². The van der Waals surface area contributed by atoms with Crippen molar-refractivity contribution >= 4 is 11.8 Å². The van der Waals surface area contributed by atoms with Gasteiger partial charge >= 0.3 is 0 Å². The number of piperazine rings is 1. The number of amides is 2. The molecule has 2 heterocycles. The summed E-state index contributed by atoms with van der Waals surface area (Å²) in [6.45, 7) is 8.65. The van der Waals surface area contributed by atoms with Gasteiger partial charge in [-0.15, -0.1) is 0 Å². The minimum Gasteiger partial charge on any atom is -0.339 e. The molecule has 27 heavy (non-hydrogen) atoms. The molecular weight excluding hydrogens is 338 g/mol. The number of nitrogens with zero attached hydrogens (tertiary/aromatic N) is 3. The smallest absolute Gasteiger partial charge is 0.255 e. The summed E-state index contributed by atoms with van der Waals surface area (Å²) in [5.41, 5.74) is 4.10. The van der Waals surface area contributed by atoms with Crippen molar-refractivity contribution in [3.05, 3.63) is 65.0 Å². The first kappa shape index (κ1) is 19.1. The lowest BCUT2D eigenvalue weighted by molar-refractivity contribution is -0.131. The molecule has 0 saturated carbocycles. The minimum absolute atomic E-state index is 0.0179. The van der Waals surface area contributed by atoms with E-state index in [9.17, 15) is 9.59 Å². The Labute approximate surface area is 161 Å². The molecule has 0 N–H and O–H groups in total. The van der Waals surface area contributed by atoms with Gasteiger partial charge in [-0.25, -0.2) is 0 Å². The first-order valence-electron chi connectivity index (χ1n) is 9.52. The highest BCUT2D eigenvalue weighted by Gasteiger charge is 2.25. The summed E-state index contributed by atoms with van der Waals surface area (Å²) in [5.74, 6) is 0.560. The quantitative estimate of drug-likeness (QED) is 0.837. The fourth-order valence-corrected chi connectivity index (χ4v) is 3.35. The molecule has 5 nitrogen and oxygen atoms in total. The normalized spacial score (nSPS) is 14.5. The van der Waals surface area contributed by atoms with E-state index in [4.69, 9.17) is 0 Å². The average molecular weight is 365 g/mol. The molecule has 0 aliphatic carbocycles. The monoisotopic (exact) mass is 365 g/mol. The molecule has 5 heteroatoms. The molecule has 2 aromatic rings. The third kappa shape index (κ3) is 4.54. The Kier molecular flexibility index (Phi) is 5.89. The molecule has 0 bridgehead atoms. The zero-order valence-electron chi connectivity index (χ0n) is 16.3. The lowest BCUT2D eigenvalue weighted by Crippen LogP contribution is -2.51. The van der Waals surface area contributed by atoms with Gasteiger partial charge in [0.2, 0.25) is 5.91 Å². The Morgan fingerprint density at radius 2 is 1.78 bits per heavy atom. The Balaban J connectivity index is 1.59. The second kappa shape index (κ2) is 8.33. The number of rotatable bonds is 4. The molecule has 0 atom stereocenters. The summed E-state index contributed by atoms with van der Waals surface area (Å²) < 4.78 is 0. The SMILES string of the molecule is Cc1ccc(C(C)C)cc1CC(=O)N1CCN(C(=O)c2cccnc2)CC1. The Morgan fingerprint density at radius 3 is 2.41 bits per heavy atom. The average Bonchev–Trinajstić information content (AvgIpc) is 2.69. The van der Waals surface area contributed by atoms with E-state index in [0.29, 0.717) is 44.1 Å². The van der Waals surface area contributed by atoms with E-state index >= 15 is 0 Å². The van der Waals surface area contributed by atoms with Crippen molar-refractivity contribution in [1.82, 2.24) is 14.8 Å². The summed E-state index contributed by atoms with van der Waals surface area (Å²) in [5, 5.41) is 0. The molecule has 3 rings (SSSR count). The Hall–Kier alpha value is -2.69. The van der Waals surface area contributed by atoms with E-state index in [1.165, 1.54) is 5.56 Å². The van der Waals surface area contributed by atoms with Crippen molar-refractivity contribution in [2.24, 2.45) is 0 Å². The van der Waals surface area contributed by atoms with Crippen LogP contribution in [-0.4, -0.2) is 52.8 Å². The van der Waals surface area contributed by atoms with Crippen LogP contribution in [0.1, 0.15) is 46.8 Å². The summed E-state index contributed by atoms with van der Waals surface area (Å²) in [6, 6.07) is 9.93. The highest BCUT2D eigenvalue weighted by Crippen LogP contribution is 2.20. The second-order valence-corrected chi connectivity index (χ2v) is 7.43. The van der Waals surface area contributed by atoms with Crippen molar-refractivity contribution in [2.75, 3.05) is 26.2 Å². The first-order valence-corrected chi connectivity index (χ1v) is 9.52. The maximum Gasteiger partial charge on any atom is 0.255 e. The van der Waals surface area contributed by atoms with Gasteiger partial charge in [0.05, 0.1) is 12.0 Å². The number of aryl methyl sites for hydroxylation is 1. The van der Waals surface area contributed by atoms with Crippen molar-refractivity contribution < 1.29 is 9.59 Å². The Morgan fingerprint density at radius 1 is 1.07 bits per heavy atom. The van der Waals surface area contributed by atoms with Crippen molar-refractivity contribution in [3.63, 3.8) is 0 Å². The number of hydrogen-bond donors (Lipinski definition) is 0. The number of aromatic nitrogens is 1. The molecule has 142 valence electrons. The predicted octanol–water partition coefficient (Wildman–Crippen LogP) is 3.04. The molecule has 2 amide bonds. The van der Waals surface area contributed by atoms with Crippen LogP contribution in [0.3, 0.4) is 0 Å². The van der Waals surface area contributed by atoms with Crippen LogP contribution in [0.2, 0.25) is 0 Å². The fraction of sp³-hybridized carbons (Fsp3) is 0.409. The molecule has 1 aliphatic heterocycles. The lowest BCUT2D eigenvalue weighted by atomic mass is 9.96. The number of hydrogen-bond acceptors (Lipinski definition) is 3. The third-order valence-corrected chi connectivity index (χ3v) is 5.21. The largest absolute Gasteiger partial charge is 0.339 e. The van der Waals surface area contributed by atoms with Gasteiger partial charge in [-0.1, -0.05) is 32.0 Å². The molecule has 0 unspecified atom stereocenters. The standard InChI is InChI=1S/C22H27N3O2/c1-16(2)18-7-6-17(3)20(13-18)14-21(26)24-9-11-25(12-10-24)22(27)19-5-4-8-23-15-19/h4-8,13,15-16H,9-12,14H2,1-3H3. The zero-order chi connectivity index (χ0) is 19.4. The van der Waals surface area contributed by atoms with Gasteiger partial charge < -0.3 is 9.80 Å². The van der Waals surface area contributed by atoms with Crippen LogP contribution < -0.4 is 0 Å². The number of benzene rings is 1. The summed E-state index contributed by atoms with van der Waals surface area (Å²) in [4.78, 5) is 32.9. The van der Waals surface area contributed by atoms with E-state index in [0.717, 1.165) is 11.1 Å². The van der Waals surface area contributed by atoms with Gasteiger partial charge in [0.25, 0.3) is 5.91 Å². The molecule has 1 fully saturated rings. The van der Waals surface area contributed by atoms with E-state index in [1.54, 1.807) is 29.4 Å². The van der Waals surface area contributed by atoms with Crippen LogP contribution in [0.5, 0.6) is 0 Å². The zero-order valence-corrected chi connectivity index (χ0v) is 16.3. The topological polar surface area (TPSA) is 53.5 Å². The molecular formula is C22H27N3O2. The van der Waals surface area contributed by atoms with E-state index in [1.807, 2.05) is 4.90 Å². The van der Waals surface area contributed by atoms with E-state index in [2.05, 4.69) is 44.0 Å². The van der Waals surface area contributed by atoms with Gasteiger partial charge in [0, 0.05) is 38.6 Å². The molecule has 1 aliphatic rings. The number of carbonyl (C=O) groups excluding carboxylic acids is 2. The number of pyridine rings is 1. The highest BCUT2D eigenvalue weighted by molar-refractivity contribution is 5.94. The highest BCUT2D eigenvalue weighted by atomic mass is 16.2. The van der Waals surface area contributed by atoms with Crippen molar-refractivity contribution in [2.45, 2.75) is 33.1 Å². The summed E-state index contributed by atoms with van der Waals surface area (Å²) in [7, 11) is 0. The van der Waals surface area contributed by atoms with E-state index in [-0.39, 0.29) is 11.8 Å². The molecule has 0 spiro atoms. The number of carbonyl (C=O) groups is 2. The van der Waals surface area contributed by atoms with Crippen LogP contribution in [0.4, 0.5) is 0 Å². The van der Waals surface area contributed by atoms with Crippen molar-refractivity contribution in [3.8, 4) is 0 Å². The molecule has 1 aromatic heterocycles. The minimum atomic E-state index is -0.0179. The Bertz CT molecular complexity index is 810. The maximum atomic E-state index is 12.8. The lowest BCUT2D eigenvalue weighted by Gasteiger charge is -2.35. The molecule has 0 radical (unpaired) electrons. The van der Waals surface area contributed by atoms with Crippen LogP contribution in [0, 0.1) is 6.92 Å². The van der Waals surface area contributed by atoms with Gasteiger partial charge in [-0.05, 0) is 41.7 Å². The maximum absolute atomic E-state index is 12.8. The molecule has 1 aromatic carbocycles. The molecule has 1 saturated heterocycles. The van der Waals surface area contributed by atoms with E-state index < -0.39 is 0 Å². The first-order chi connectivity index (χ1) is 13.0. The van der Waals surface area contributed by atoms with Crippen LogP contribution >= 0.6 is 0 Å². The third-order valence-electron chi connectivity index (χ3n) is 5.21. The van der Waals surface area contributed by atoms with Gasteiger partial charge in [0.1, 0.15) is 0 Å². The van der Waals surface area contributed by atoms with Crippen molar-refractivity contribution in [1.29, 1.82) is 0 Å². The van der Waals surface area contributed by atoms with Gasteiger partial charge in [-0.3, -0.25) is 14.6 Å². The van der Waals surface area contributed by atoms with Gasteiger partial charge in [0.15, 0.2) is 0 Å². The summed E-state index contributed by atoms with van der Waals surface area (Å²) >= 11 is 0. The van der Waals surface area contributed by atoms with Crippen LogP contribution in [0.25, 0.3) is 0 Å². The van der Waals surface area contributed by atoms with Gasteiger partial charge in [-0.2, -0.15) is 0 Å². The predicted molar refractivity (Wildman–Crippen MR) is 106 cm³/mol. The summed E-state index contributed by atoms with van der Waals surface area (Å²) in [6.07, 6.45) is 3.66. The fourth-order valence-electron chi connectivity index (χ4n) is 3.35.